The lowest BCUT2D eigenvalue weighted by atomic mass is 10.2. The molecule has 0 heterocycles. The molecule has 1 rings (SSSR count). The number of amides is 1. The van der Waals surface area contributed by atoms with Crippen LogP contribution in [0.4, 0.5) is 0 Å². The smallest absolute Gasteiger partial charge is 0.221 e. The highest BCUT2D eigenvalue weighted by atomic mass is 32.2. The summed E-state index contributed by atoms with van der Waals surface area (Å²) in [6.07, 6.45) is 7.27. The topological polar surface area (TPSA) is 65.5 Å². The summed E-state index contributed by atoms with van der Waals surface area (Å²) in [4.78, 5) is 15.9. The van der Waals surface area contributed by atoms with Crippen LogP contribution < -0.4 is 16.0 Å². The quantitative estimate of drug-likeness (QED) is 0.495. The van der Waals surface area contributed by atoms with Crippen molar-refractivity contribution < 1.29 is 4.79 Å². The fraction of sp³-hybridized carbons (Fsp3) is 0.867. The van der Waals surface area contributed by atoms with Crippen molar-refractivity contribution in [3.05, 3.63) is 0 Å². The molecule has 0 saturated heterocycles. The predicted molar refractivity (Wildman–Crippen MR) is 92.0 cm³/mol. The lowest BCUT2D eigenvalue weighted by Gasteiger charge is -2.17. The number of carbonyl (C=O) groups is 1. The Kier molecular flexibility index (Phi) is 8.57. The average molecular weight is 314 g/mol. The second-order valence-corrected chi connectivity index (χ2v) is 6.78. The number of rotatable bonds is 7. The molecule has 3 N–H and O–H groups in total. The van der Waals surface area contributed by atoms with Crippen LogP contribution in [0.3, 0.4) is 0 Å². The number of aliphatic imine (C=N–C) groups is 1. The number of hydrogen-bond donors (Lipinski definition) is 3. The van der Waals surface area contributed by atoms with Gasteiger partial charge in [-0.05, 0) is 38.9 Å². The molecule has 3 atom stereocenters. The van der Waals surface area contributed by atoms with Crippen molar-refractivity contribution in [3.8, 4) is 0 Å². The minimum absolute atomic E-state index is 0.0932. The summed E-state index contributed by atoms with van der Waals surface area (Å²) in [6.45, 7) is 4.70. The van der Waals surface area contributed by atoms with Gasteiger partial charge in [-0.3, -0.25) is 9.79 Å². The first-order valence-electron chi connectivity index (χ1n) is 7.88. The molecule has 0 radical (unpaired) electrons. The summed E-state index contributed by atoms with van der Waals surface area (Å²) < 4.78 is 0. The molecule has 1 aliphatic carbocycles. The molecule has 0 bridgehead atoms. The van der Waals surface area contributed by atoms with Gasteiger partial charge >= 0.3 is 0 Å². The van der Waals surface area contributed by atoms with Crippen molar-refractivity contribution in [3.63, 3.8) is 0 Å². The van der Waals surface area contributed by atoms with Gasteiger partial charge in [-0.15, -0.1) is 0 Å². The Morgan fingerprint density at radius 1 is 1.43 bits per heavy atom. The minimum atomic E-state index is 0.0932. The second-order valence-electron chi connectivity index (χ2n) is 5.64. The number of hydrogen-bond acceptors (Lipinski definition) is 3. The third-order valence-corrected chi connectivity index (χ3v) is 5.04. The van der Waals surface area contributed by atoms with Crippen molar-refractivity contribution in [2.45, 2.75) is 63.3 Å². The molecular weight excluding hydrogens is 284 g/mol. The van der Waals surface area contributed by atoms with Crippen LogP contribution in [0.5, 0.6) is 0 Å². The highest BCUT2D eigenvalue weighted by molar-refractivity contribution is 7.99. The van der Waals surface area contributed by atoms with Gasteiger partial charge in [-0.1, -0.05) is 6.92 Å². The molecule has 1 fully saturated rings. The van der Waals surface area contributed by atoms with E-state index in [0.717, 1.165) is 17.6 Å². The fourth-order valence-electron chi connectivity index (χ4n) is 2.42. The Balaban J connectivity index is 2.21. The van der Waals surface area contributed by atoms with Crippen LogP contribution in [0.25, 0.3) is 0 Å². The minimum Gasteiger partial charge on any atom is -0.356 e. The molecule has 122 valence electrons. The van der Waals surface area contributed by atoms with Gasteiger partial charge in [-0.2, -0.15) is 11.8 Å². The Morgan fingerprint density at radius 2 is 2.19 bits per heavy atom. The third kappa shape index (κ3) is 7.07. The molecule has 6 heteroatoms. The van der Waals surface area contributed by atoms with E-state index in [1.807, 2.05) is 18.7 Å². The molecule has 3 unspecified atom stereocenters. The largest absolute Gasteiger partial charge is 0.356 e. The van der Waals surface area contributed by atoms with E-state index in [1.54, 1.807) is 7.05 Å². The Bertz CT molecular complexity index is 349. The maximum Gasteiger partial charge on any atom is 0.221 e. The van der Waals surface area contributed by atoms with Gasteiger partial charge < -0.3 is 16.0 Å². The number of thioether (sulfide) groups is 1. The molecule has 0 aliphatic heterocycles. The Morgan fingerprint density at radius 3 is 2.76 bits per heavy atom. The van der Waals surface area contributed by atoms with Crippen LogP contribution in [-0.2, 0) is 4.79 Å². The highest BCUT2D eigenvalue weighted by Gasteiger charge is 2.24. The first-order chi connectivity index (χ1) is 10.1. The van der Waals surface area contributed by atoms with Crippen molar-refractivity contribution in [2.24, 2.45) is 4.99 Å². The van der Waals surface area contributed by atoms with E-state index in [9.17, 15) is 4.79 Å². The molecule has 1 amide bonds. The zero-order chi connectivity index (χ0) is 15.7. The molecule has 21 heavy (non-hydrogen) atoms. The van der Waals surface area contributed by atoms with Crippen molar-refractivity contribution in [2.75, 3.05) is 19.8 Å². The molecule has 0 aromatic carbocycles. The van der Waals surface area contributed by atoms with E-state index in [0.29, 0.717) is 19.0 Å². The molecule has 1 aliphatic rings. The van der Waals surface area contributed by atoms with Crippen LogP contribution in [0.15, 0.2) is 4.99 Å². The highest BCUT2D eigenvalue weighted by Crippen LogP contribution is 2.27. The fourth-order valence-corrected chi connectivity index (χ4v) is 3.21. The van der Waals surface area contributed by atoms with E-state index >= 15 is 0 Å². The summed E-state index contributed by atoms with van der Waals surface area (Å²) >= 11 is 1.95. The number of nitrogens with zero attached hydrogens (tertiary/aromatic N) is 1. The molecule has 0 aromatic rings. The van der Waals surface area contributed by atoms with Gasteiger partial charge in [0.05, 0.1) is 0 Å². The average Bonchev–Trinajstić information content (AvgIpc) is 2.93. The number of carbonyl (C=O) groups excluding carboxylic acids is 1. The first-order valence-corrected chi connectivity index (χ1v) is 9.17. The Hall–Kier alpha value is -0.910. The van der Waals surface area contributed by atoms with Gasteiger partial charge in [0, 0.05) is 37.3 Å². The van der Waals surface area contributed by atoms with Crippen LogP contribution in [-0.4, -0.2) is 49.0 Å². The van der Waals surface area contributed by atoms with Crippen LogP contribution >= 0.6 is 11.8 Å². The van der Waals surface area contributed by atoms with Crippen molar-refractivity contribution in [1.29, 1.82) is 0 Å². The van der Waals surface area contributed by atoms with E-state index in [-0.39, 0.29) is 11.9 Å². The standard InChI is InChI=1S/C15H30N4OS/c1-5-11(2)18-14(20)8-9-17-15(16-3)19-12-6-7-13(10-12)21-4/h11-13H,5-10H2,1-4H3,(H,18,20)(H2,16,17,19). The van der Waals surface area contributed by atoms with E-state index in [2.05, 4.69) is 34.1 Å². The molecule has 5 nitrogen and oxygen atoms in total. The van der Waals surface area contributed by atoms with Crippen LogP contribution in [0.2, 0.25) is 0 Å². The number of guanidine groups is 1. The van der Waals surface area contributed by atoms with Gasteiger partial charge in [0.2, 0.25) is 5.91 Å². The molecule has 0 aromatic heterocycles. The van der Waals surface area contributed by atoms with E-state index in [4.69, 9.17) is 0 Å². The lowest BCUT2D eigenvalue weighted by Crippen LogP contribution is -2.44. The summed E-state index contributed by atoms with van der Waals surface area (Å²) in [6, 6.07) is 0.750. The maximum atomic E-state index is 11.7. The monoisotopic (exact) mass is 314 g/mol. The summed E-state index contributed by atoms with van der Waals surface area (Å²) in [5.74, 6) is 0.897. The summed E-state index contributed by atoms with van der Waals surface area (Å²) in [7, 11) is 1.77. The molecular formula is C15H30N4OS. The third-order valence-electron chi connectivity index (χ3n) is 3.95. The van der Waals surface area contributed by atoms with Gasteiger partial charge in [0.15, 0.2) is 5.96 Å². The Labute approximate surface area is 133 Å². The van der Waals surface area contributed by atoms with Gasteiger partial charge in [0.1, 0.15) is 0 Å². The zero-order valence-electron chi connectivity index (χ0n) is 13.7. The van der Waals surface area contributed by atoms with Gasteiger partial charge in [0.25, 0.3) is 0 Å². The maximum absolute atomic E-state index is 11.7. The van der Waals surface area contributed by atoms with Crippen molar-refractivity contribution in [1.82, 2.24) is 16.0 Å². The predicted octanol–water partition coefficient (Wildman–Crippen LogP) is 1.74. The lowest BCUT2D eigenvalue weighted by molar-refractivity contribution is -0.121. The number of nitrogens with one attached hydrogen (secondary N) is 3. The van der Waals surface area contributed by atoms with E-state index in [1.165, 1.54) is 19.3 Å². The zero-order valence-corrected chi connectivity index (χ0v) is 14.6. The SMILES string of the molecule is CCC(C)NC(=O)CCNC(=NC)NC1CCC(SC)C1. The normalized spacial score (nSPS) is 23.7. The second kappa shape index (κ2) is 9.92. The molecule has 0 spiro atoms. The van der Waals surface area contributed by atoms with Crippen molar-refractivity contribution >= 4 is 23.6 Å². The summed E-state index contributed by atoms with van der Waals surface area (Å²) in [5.41, 5.74) is 0. The molecule has 1 saturated carbocycles. The summed E-state index contributed by atoms with van der Waals surface area (Å²) in [5, 5.41) is 10.4. The first kappa shape index (κ1) is 18.1. The van der Waals surface area contributed by atoms with Gasteiger partial charge in [-0.25, -0.2) is 0 Å². The van der Waals surface area contributed by atoms with E-state index < -0.39 is 0 Å². The van der Waals surface area contributed by atoms with Crippen LogP contribution in [0, 0.1) is 0 Å². The van der Waals surface area contributed by atoms with Crippen LogP contribution in [0.1, 0.15) is 46.0 Å².